The number of pyridine rings is 1. The lowest BCUT2D eigenvalue weighted by Crippen LogP contribution is -2.21. The van der Waals surface area contributed by atoms with Gasteiger partial charge in [0, 0.05) is 31.0 Å². The van der Waals surface area contributed by atoms with Crippen LogP contribution in [0.5, 0.6) is 0 Å². The van der Waals surface area contributed by atoms with Crippen molar-refractivity contribution in [2.75, 3.05) is 12.4 Å². The van der Waals surface area contributed by atoms with Crippen LogP contribution < -0.4 is 5.32 Å². The number of rotatable bonds is 6. The van der Waals surface area contributed by atoms with Crippen LogP contribution in [0.1, 0.15) is 25.8 Å². The molecule has 0 unspecified atom stereocenters. The lowest BCUT2D eigenvalue weighted by Gasteiger charge is -2.15. The first kappa shape index (κ1) is 19.5. The van der Waals surface area contributed by atoms with Gasteiger partial charge in [0.25, 0.3) is 0 Å². The van der Waals surface area contributed by atoms with Gasteiger partial charge in [-0.1, -0.05) is 5.21 Å². The highest BCUT2D eigenvalue weighted by Gasteiger charge is 2.16. The first-order valence-corrected chi connectivity index (χ1v) is 9.57. The van der Waals surface area contributed by atoms with Crippen molar-refractivity contribution < 1.29 is 5.11 Å². The maximum absolute atomic E-state index is 9.91. The molecule has 4 aromatic rings. The van der Waals surface area contributed by atoms with E-state index in [0.717, 1.165) is 28.2 Å². The van der Waals surface area contributed by atoms with Gasteiger partial charge in [0.1, 0.15) is 11.8 Å². The van der Waals surface area contributed by atoms with Crippen LogP contribution in [0.15, 0.2) is 42.9 Å². The molecule has 0 aromatic carbocycles. The van der Waals surface area contributed by atoms with Crippen LogP contribution in [0.3, 0.4) is 0 Å². The van der Waals surface area contributed by atoms with Crippen molar-refractivity contribution in [2.45, 2.75) is 32.4 Å². The van der Waals surface area contributed by atoms with Crippen LogP contribution in [-0.2, 0) is 6.54 Å². The second-order valence-corrected chi connectivity index (χ2v) is 7.71. The Balaban J connectivity index is 1.66. The van der Waals surface area contributed by atoms with E-state index in [-0.39, 0.29) is 0 Å². The van der Waals surface area contributed by atoms with Crippen molar-refractivity contribution in [1.29, 1.82) is 5.26 Å². The highest BCUT2D eigenvalue weighted by Crippen LogP contribution is 2.30. The van der Waals surface area contributed by atoms with E-state index in [1.807, 2.05) is 31.4 Å². The van der Waals surface area contributed by atoms with Crippen LogP contribution >= 0.6 is 0 Å². The Labute approximate surface area is 173 Å². The molecule has 152 valence electrons. The fourth-order valence-corrected chi connectivity index (χ4v) is 3.18. The highest BCUT2D eigenvalue weighted by atomic mass is 16.3. The topological polar surface area (TPSA) is 117 Å². The maximum Gasteiger partial charge on any atom is 0.116 e. The number of nitrogens with one attached hydrogen (secondary N) is 1. The van der Waals surface area contributed by atoms with Gasteiger partial charge in [0.2, 0.25) is 0 Å². The Morgan fingerprint density at radius 3 is 2.77 bits per heavy atom. The zero-order chi connectivity index (χ0) is 21.3. The van der Waals surface area contributed by atoms with E-state index in [1.165, 1.54) is 6.20 Å². The molecule has 30 heavy (non-hydrogen) atoms. The smallest absolute Gasteiger partial charge is 0.116 e. The van der Waals surface area contributed by atoms with Gasteiger partial charge in [-0.3, -0.25) is 9.67 Å². The van der Waals surface area contributed by atoms with E-state index < -0.39 is 5.60 Å². The van der Waals surface area contributed by atoms with Crippen LogP contribution in [0.4, 0.5) is 5.69 Å². The number of aromatic nitrogens is 6. The average molecular weight is 402 g/mol. The highest BCUT2D eigenvalue weighted by molar-refractivity contribution is 5.78. The molecule has 0 bridgehead atoms. The summed E-state index contributed by atoms with van der Waals surface area (Å²) in [6.07, 6.45) is 5.72. The third-order valence-electron chi connectivity index (χ3n) is 4.83. The molecule has 4 heterocycles. The van der Waals surface area contributed by atoms with Crippen LogP contribution in [-0.4, -0.2) is 47.3 Å². The molecule has 0 spiro atoms. The lowest BCUT2D eigenvalue weighted by molar-refractivity contribution is 0.0649. The molecule has 0 aliphatic carbocycles. The number of anilines is 1. The molecule has 9 heteroatoms. The number of nitrogens with zero attached hydrogens (tertiary/aromatic N) is 7. The minimum absolute atomic E-state index is 0.513. The zero-order valence-electron chi connectivity index (χ0n) is 17.0. The molecular formula is C21H22N8O. The summed E-state index contributed by atoms with van der Waals surface area (Å²) in [5.74, 6) is 0. The average Bonchev–Trinajstić information content (AvgIpc) is 3.37. The Bertz CT molecular complexity index is 1240. The van der Waals surface area contributed by atoms with Crippen LogP contribution in [0, 0.1) is 11.3 Å². The van der Waals surface area contributed by atoms with Crippen molar-refractivity contribution in [3.63, 3.8) is 0 Å². The van der Waals surface area contributed by atoms with Gasteiger partial charge < -0.3 is 10.4 Å². The van der Waals surface area contributed by atoms with Crippen LogP contribution in [0.2, 0.25) is 0 Å². The van der Waals surface area contributed by atoms with Crippen molar-refractivity contribution in [2.24, 2.45) is 0 Å². The van der Waals surface area contributed by atoms with E-state index >= 15 is 0 Å². The third kappa shape index (κ3) is 3.86. The van der Waals surface area contributed by atoms with Crippen molar-refractivity contribution in [1.82, 2.24) is 29.6 Å². The largest absolute Gasteiger partial charge is 0.390 e. The molecule has 0 aliphatic rings. The zero-order valence-corrected chi connectivity index (χ0v) is 17.0. The summed E-state index contributed by atoms with van der Waals surface area (Å²) in [5, 5.41) is 34.9. The summed E-state index contributed by atoms with van der Waals surface area (Å²) in [4.78, 5) is 4.61. The molecule has 4 aromatic heterocycles. The van der Waals surface area contributed by atoms with E-state index in [9.17, 15) is 5.11 Å². The third-order valence-corrected chi connectivity index (χ3v) is 4.83. The summed E-state index contributed by atoms with van der Waals surface area (Å²) >= 11 is 0. The fraction of sp³-hybridized carbons (Fsp3) is 0.286. The quantitative estimate of drug-likeness (QED) is 0.509. The molecule has 0 saturated carbocycles. The Morgan fingerprint density at radius 1 is 1.20 bits per heavy atom. The van der Waals surface area contributed by atoms with Crippen molar-refractivity contribution in [3.8, 4) is 28.7 Å². The SMILES string of the molecule is CNc1cc(-c2ccc3cc(C#N)cnn23)ncc1-c1cn(CCC(C)(C)O)nn1. The Hall–Kier alpha value is -3.77. The molecule has 0 amide bonds. The van der Waals surface area contributed by atoms with Crippen LogP contribution in [0.25, 0.3) is 28.2 Å². The first-order chi connectivity index (χ1) is 14.4. The minimum Gasteiger partial charge on any atom is -0.390 e. The molecule has 0 saturated heterocycles. The summed E-state index contributed by atoms with van der Waals surface area (Å²) in [6.45, 7) is 4.12. The monoisotopic (exact) mass is 402 g/mol. The summed E-state index contributed by atoms with van der Waals surface area (Å²) in [5.41, 5.74) is 4.55. The molecule has 0 fully saturated rings. The molecule has 4 rings (SSSR count). The fourth-order valence-electron chi connectivity index (χ4n) is 3.18. The summed E-state index contributed by atoms with van der Waals surface area (Å²) < 4.78 is 3.48. The van der Waals surface area contributed by atoms with Crippen molar-refractivity contribution in [3.05, 3.63) is 48.4 Å². The van der Waals surface area contributed by atoms with Gasteiger partial charge in [-0.2, -0.15) is 10.4 Å². The van der Waals surface area contributed by atoms with Gasteiger partial charge >= 0.3 is 0 Å². The number of aryl methyl sites for hydroxylation is 1. The van der Waals surface area contributed by atoms with Gasteiger partial charge in [-0.05, 0) is 44.5 Å². The van der Waals surface area contributed by atoms with E-state index in [0.29, 0.717) is 24.2 Å². The molecular weight excluding hydrogens is 380 g/mol. The predicted octanol–water partition coefficient (Wildman–Crippen LogP) is 2.73. The number of hydrogen-bond donors (Lipinski definition) is 2. The minimum atomic E-state index is -0.756. The number of fused-ring (bicyclic) bond motifs is 1. The first-order valence-electron chi connectivity index (χ1n) is 9.57. The number of hydrogen-bond acceptors (Lipinski definition) is 7. The standard InChI is InChI=1S/C21H22N8O/c1-21(2,30)6-7-28-13-19(26-27-28)16-12-24-18(9-17(16)23-3)20-5-4-15-8-14(10-22)11-25-29(15)20/h4-5,8-9,11-13,30H,6-7H2,1-3H3,(H,23,24). The number of aliphatic hydroxyl groups is 1. The van der Waals surface area contributed by atoms with Gasteiger partial charge in [0.05, 0.1) is 40.5 Å². The number of nitriles is 1. The Morgan fingerprint density at radius 2 is 2.03 bits per heavy atom. The second-order valence-electron chi connectivity index (χ2n) is 7.71. The molecule has 0 aliphatic heterocycles. The molecule has 0 atom stereocenters. The van der Waals surface area contributed by atoms with Crippen molar-refractivity contribution >= 4 is 11.2 Å². The lowest BCUT2D eigenvalue weighted by atomic mass is 10.1. The summed E-state index contributed by atoms with van der Waals surface area (Å²) in [6, 6.07) is 9.66. The second kappa shape index (κ2) is 7.57. The van der Waals surface area contributed by atoms with Gasteiger partial charge in [0.15, 0.2) is 0 Å². The van der Waals surface area contributed by atoms with Gasteiger partial charge in [-0.15, -0.1) is 5.10 Å². The van der Waals surface area contributed by atoms with Gasteiger partial charge in [-0.25, -0.2) is 4.52 Å². The predicted molar refractivity (Wildman–Crippen MR) is 113 cm³/mol. The van der Waals surface area contributed by atoms with E-state index in [1.54, 1.807) is 35.3 Å². The van der Waals surface area contributed by atoms with E-state index in [2.05, 4.69) is 31.8 Å². The maximum atomic E-state index is 9.91. The van der Waals surface area contributed by atoms with E-state index in [4.69, 9.17) is 5.26 Å². The summed E-state index contributed by atoms with van der Waals surface area (Å²) in [7, 11) is 1.84. The Kier molecular flexibility index (Phi) is 4.93. The molecule has 9 nitrogen and oxygen atoms in total. The normalized spacial score (nSPS) is 11.6. The molecule has 0 radical (unpaired) electrons. The molecule has 2 N–H and O–H groups in total.